The Hall–Kier alpha value is -0.630. The van der Waals surface area contributed by atoms with Gasteiger partial charge in [-0.3, -0.25) is 0 Å². The van der Waals surface area contributed by atoms with Gasteiger partial charge in [-0.25, -0.2) is 0 Å². The van der Waals surface area contributed by atoms with Crippen LogP contribution in [0.25, 0.3) is 0 Å². The van der Waals surface area contributed by atoms with Gasteiger partial charge in [-0.1, -0.05) is 12.2 Å². The maximum absolute atomic E-state index is 10.4. The summed E-state index contributed by atoms with van der Waals surface area (Å²) in [4.78, 5) is 10.4. The molecule has 54 valence electrons. The smallest absolute Gasteiger partial charge is 0.137 e. The van der Waals surface area contributed by atoms with Crippen LogP contribution in [0, 0.1) is 5.92 Å². The van der Waals surface area contributed by atoms with Crippen LogP contribution in [0.15, 0.2) is 12.2 Å². The molecule has 2 nitrogen and oxygen atoms in total. The standard InChI is InChI=1S/C8H11NO/c1-5-2-6-3-7(5)8(4-10)9-6/h4,6-9H,1-3H2/t6-,7-,8-/m1/s1. The Kier molecular flexibility index (Phi) is 1.17. The van der Waals surface area contributed by atoms with Gasteiger partial charge in [0.2, 0.25) is 0 Å². The number of piperidine rings is 1. The summed E-state index contributed by atoms with van der Waals surface area (Å²) < 4.78 is 0. The van der Waals surface area contributed by atoms with Crippen LogP contribution >= 0.6 is 0 Å². The topological polar surface area (TPSA) is 29.1 Å². The Morgan fingerprint density at radius 2 is 2.50 bits per heavy atom. The van der Waals surface area contributed by atoms with Gasteiger partial charge in [-0.05, 0) is 12.8 Å². The first-order valence-corrected chi connectivity index (χ1v) is 3.70. The highest BCUT2D eigenvalue weighted by molar-refractivity contribution is 5.61. The van der Waals surface area contributed by atoms with E-state index >= 15 is 0 Å². The van der Waals surface area contributed by atoms with Gasteiger partial charge in [0.15, 0.2) is 0 Å². The molecule has 1 aliphatic heterocycles. The molecular weight excluding hydrogens is 126 g/mol. The van der Waals surface area contributed by atoms with E-state index in [9.17, 15) is 4.79 Å². The third kappa shape index (κ3) is 0.655. The quantitative estimate of drug-likeness (QED) is 0.421. The summed E-state index contributed by atoms with van der Waals surface area (Å²) in [6.45, 7) is 3.94. The van der Waals surface area contributed by atoms with E-state index in [0.29, 0.717) is 12.0 Å². The van der Waals surface area contributed by atoms with Gasteiger partial charge in [0, 0.05) is 12.0 Å². The zero-order valence-electron chi connectivity index (χ0n) is 5.84. The van der Waals surface area contributed by atoms with Crippen LogP contribution in [-0.2, 0) is 4.79 Å². The van der Waals surface area contributed by atoms with E-state index in [1.807, 2.05) is 0 Å². The fourth-order valence-corrected chi connectivity index (χ4v) is 2.07. The minimum Gasteiger partial charge on any atom is -0.304 e. The lowest BCUT2D eigenvalue weighted by Crippen LogP contribution is -2.37. The molecule has 0 aromatic heterocycles. The van der Waals surface area contributed by atoms with Crippen LogP contribution in [0.1, 0.15) is 12.8 Å². The molecule has 0 radical (unpaired) electrons. The number of aldehydes is 1. The minimum atomic E-state index is 0.0752. The van der Waals surface area contributed by atoms with Crippen LogP contribution in [0.4, 0.5) is 0 Å². The Balaban J connectivity index is 2.19. The van der Waals surface area contributed by atoms with Crippen molar-refractivity contribution >= 4 is 6.29 Å². The molecule has 0 spiro atoms. The molecule has 2 fully saturated rings. The number of rotatable bonds is 1. The van der Waals surface area contributed by atoms with Gasteiger partial charge >= 0.3 is 0 Å². The van der Waals surface area contributed by atoms with Crippen LogP contribution in [0.2, 0.25) is 0 Å². The third-order valence-electron chi connectivity index (χ3n) is 2.58. The van der Waals surface area contributed by atoms with Crippen LogP contribution in [-0.4, -0.2) is 18.4 Å². The number of carbonyl (C=O) groups is 1. The number of hydrogen-bond acceptors (Lipinski definition) is 2. The summed E-state index contributed by atoms with van der Waals surface area (Å²) >= 11 is 0. The van der Waals surface area contributed by atoms with Crippen molar-refractivity contribution in [1.82, 2.24) is 5.32 Å². The summed E-state index contributed by atoms with van der Waals surface area (Å²) in [7, 11) is 0. The van der Waals surface area contributed by atoms with Gasteiger partial charge in [0.25, 0.3) is 0 Å². The summed E-state index contributed by atoms with van der Waals surface area (Å²) in [6, 6.07) is 0.624. The molecule has 1 N–H and O–H groups in total. The van der Waals surface area contributed by atoms with E-state index in [2.05, 4.69) is 11.9 Å². The fraction of sp³-hybridized carbons (Fsp3) is 0.625. The molecule has 0 unspecified atom stereocenters. The predicted octanol–water partition coefficient (Wildman–Crippen LogP) is 0.492. The normalized spacial score (nSPS) is 44.4. The molecule has 0 aromatic carbocycles. The lowest BCUT2D eigenvalue weighted by atomic mass is 9.97. The number of nitrogens with one attached hydrogen (secondary N) is 1. The van der Waals surface area contributed by atoms with Crippen molar-refractivity contribution in [2.24, 2.45) is 5.92 Å². The predicted molar refractivity (Wildman–Crippen MR) is 38.6 cm³/mol. The van der Waals surface area contributed by atoms with E-state index in [4.69, 9.17) is 0 Å². The zero-order valence-corrected chi connectivity index (χ0v) is 5.84. The molecule has 2 rings (SSSR count). The van der Waals surface area contributed by atoms with E-state index < -0.39 is 0 Å². The largest absolute Gasteiger partial charge is 0.304 e. The van der Waals surface area contributed by atoms with E-state index in [1.165, 1.54) is 5.57 Å². The van der Waals surface area contributed by atoms with Crippen molar-refractivity contribution < 1.29 is 4.79 Å². The Morgan fingerprint density at radius 1 is 1.70 bits per heavy atom. The monoisotopic (exact) mass is 137 g/mol. The second-order valence-corrected chi connectivity index (χ2v) is 3.23. The average Bonchev–Trinajstić information content (AvgIpc) is 2.44. The molecule has 10 heavy (non-hydrogen) atoms. The van der Waals surface area contributed by atoms with E-state index in [1.54, 1.807) is 0 Å². The third-order valence-corrected chi connectivity index (χ3v) is 2.58. The summed E-state index contributed by atoms with van der Waals surface area (Å²) in [5.74, 6) is 0.447. The van der Waals surface area contributed by atoms with Gasteiger partial charge < -0.3 is 10.1 Å². The Morgan fingerprint density at radius 3 is 2.90 bits per heavy atom. The molecule has 2 bridgehead atoms. The highest BCUT2D eigenvalue weighted by Crippen LogP contribution is 2.37. The maximum atomic E-state index is 10.4. The van der Waals surface area contributed by atoms with E-state index in [-0.39, 0.29) is 6.04 Å². The molecule has 1 saturated carbocycles. The maximum Gasteiger partial charge on any atom is 0.137 e. The molecule has 2 aliphatic rings. The SMILES string of the molecule is C=C1C[C@@H]2C[C@H]1[C@@H](C=O)N2. The summed E-state index contributed by atoms with van der Waals surface area (Å²) in [6.07, 6.45) is 3.21. The van der Waals surface area contributed by atoms with Gasteiger partial charge in [0.05, 0.1) is 6.04 Å². The van der Waals surface area contributed by atoms with Gasteiger partial charge in [0.1, 0.15) is 6.29 Å². The molecule has 2 heteroatoms. The lowest BCUT2D eigenvalue weighted by Gasteiger charge is -2.19. The van der Waals surface area contributed by atoms with Crippen LogP contribution in [0.3, 0.4) is 0 Å². The number of fused-ring (bicyclic) bond motifs is 2. The first-order chi connectivity index (χ1) is 4.81. The molecule has 0 aromatic rings. The minimum absolute atomic E-state index is 0.0752. The highest BCUT2D eigenvalue weighted by atomic mass is 16.1. The Labute approximate surface area is 60.3 Å². The van der Waals surface area contributed by atoms with Crippen molar-refractivity contribution in [2.75, 3.05) is 0 Å². The summed E-state index contributed by atoms with van der Waals surface area (Å²) in [5, 5.41) is 3.24. The van der Waals surface area contributed by atoms with Crippen molar-refractivity contribution in [1.29, 1.82) is 0 Å². The van der Waals surface area contributed by atoms with Crippen molar-refractivity contribution in [3.8, 4) is 0 Å². The van der Waals surface area contributed by atoms with Crippen LogP contribution in [0.5, 0.6) is 0 Å². The second-order valence-electron chi connectivity index (χ2n) is 3.23. The fourth-order valence-electron chi connectivity index (χ4n) is 2.07. The Bertz CT molecular complexity index is 186. The van der Waals surface area contributed by atoms with E-state index in [0.717, 1.165) is 19.1 Å². The highest BCUT2D eigenvalue weighted by Gasteiger charge is 2.41. The molecule has 0 amide bonds. The first-order valence-electron chi connectivity index (χ1n) is 3.70. The lowest BCUT2D eigenvalue weighted by molar-refractivity contribution is -0.110. The average molecular weight is 137 g/mol. The second kappa shape index (κ2) is 1.92. The van der Waals surface area contributed by atoms with Crippen molar-refractivity contribution in [3.63, 3.8) is 0 Å². The van der Waals surface area contributed by atoms with Gasteiger partial charge in [-0.15, -0.1) is 0 Å². The van der Waals surface area contributed by atoms with Crippen LogP contribution < -0.4 is 5.32 Å². The number of hydrogen-bond donors (Lipinski definition) is 1. The van der Waals surface area contributed by atoms with Gasteiger partial charge in [-0.2, -0.15) is 0 Å². The molecule has 1 aliphatic carbocycles. The zero-order chi connectivity index (χ0) is 7.14. The molecule has 3 atom stereocenters. The number of carbonyl (C=O) groups excluding carboxylic acids is 1. The molecule has 1 saturated heterocycles. The first kappa shape index (κ1) is 6.10. The molecular formula is C8H11NO. The van der Waals surface area contributed by atoms with Crippen molar-refractivity contribution in [2.45, 2.75) is 24.9 Å². The molecule has 1 heterocycles. The summed E-state index contributed by atoms with van der Waals surface area (Å²) in [5.41, 5.74) is 1.26. The van der Waals surface area contributed by atoms with Crippen molar-refractivity contribution in [3.05, 3.63) is 12.2 Å².